The number of sulfone groups is 1. The van der Waals surface area contributed by atoms with Crippen molar-refractivity contribution in [2.24, 2.45) is 10.4 Å². The Kier molecular flexibility index (Phi) is 10.0. The van der Waals surface area contributed by atoms with Crippen LogP contribution in [0.1, 0.15) is 44.7 Å². The number of hydrogen-bond acceptors (Lipinski definition) is 3. The molecule has 0 aliphatic heterocycles. The molecule has 5 nitrogen and oxygen atoms in total. The summed E-state index contributed by atoms with van der Waals surface area (Å²) in [5, 5.41) is 6.56. The van der Waals surface area contributed by atoms with E-state index >= 15 is 0 Å². The first kappa shape index (κ1) is 24.2. The average molecular weight is 481 g/mol. The molecule has 0 aliphatic carbocycles. The van der Waals surface area contributed by atoms with Crippen LogP contribution in [0.15, 0.2) is 28.1 Å². The van der Waals surface area contributed by atoms with E-state index in [2.05, 4.69) is 36.4 Å². The Labute approximate surface area is 170 Å². The predicted octanol–water partition coefficient (Wildman–Crippen LogP) is 3.51. The summed E-state index contributed by atoms with van der Waals surface area (Å²) >= 11 is 0. The van der Waals surface area contributed by atoms with Crippen molar-refractivity contribution >= 4 is 39.8 Å². The van der Waals surface area contributed by atoms with Crippen LogP contribution in [-0.2, 0) is 16.4 Å². The molecule has 0 atom stereocenters. The molecule has 0 bridgehead atoms. The molecule has 0 saturated heterocycles. The lowest BCUT2D eigenvalue weighted by Gasteiger charge is -2.18. The van der Waals surface area contributed by atoms with E-state index in [1.54, 1.807) is 13.1 Å². The molecule has 7 heteroatoms. The van der Waals surface area contributed by atoms with Gasteiger partial charge in [0.1, 0.15) is 0 Å². The molecular formula is C18H32IN3O2S. The molecule has 0 saturated carbocycles. The predicted molar refractivity (Wildman–Crippen MR) is 117 cm³/mol. The Morgan fingerprint density at radius 2 is 1.84 bits per heavy atom. The number of halogens is 1. The molecule has 1 aromatic rings. The Balaban J connectivity index is 0.00000576. The Hall–Kier alpha value is -0.830. The molecule has 0 heterocycles. The van der Waals surface area contributed by atoms with Crippen LogP contribution >= 0.6 is 24.0 Å². The summed E-state index contributed by atoms with van der Waals surface area (Å²) in [5.74, 6) is 0.758. The van der Waals surface area contributed by atoms with Crippen molar-refractivity contribution in [1.29, 1.82) is 0 Å². The summed E-state index contributed by atoms with van der Waals surface area (Å²) in [6, 6.07) is 5.40. The molecule has 1 rings (SSSR count). The van der Waals surface area contributed by atoms with E-state index in [0.29, 0.717) is 16.9 Å². The summed E-state index contributed by atoms with van der Waals surface area (Å²) in [5.41, 5.74) is 2.14. The molecule has 0 aromatic heterocycles. The molecule has 2 N–H and O–H groups in total. The summed E-state index contributed by atoms with van der Waals surface area (Å²) in [7, 11) is -1.42. The highest BCUT2D eigenvalue weighted by molar-refractivity contribution is 14.0. The third kappa shape index (κ3) is 9.44. The van der Waals surface area contributed by atoms with Crippen LogP contribution < -0.4 is 10.6 Å². The van der Waals surface area contributed by atoms with Crippen LogP contribution in [-0.4, -0.2) is 34.2 Å². The van der Waals surface area contributed by atoms with Crippen LogP contribution in [0.5, 0.6) is 0 Å². The summed E-state index contributed by atoms with van der Waals surface area (Å²) < 4.78 is 23.3. The zero-order valence-electron chi connectivity index (χ0n) is 16.1. The minimum absolute atomic E-state index is 0. The fourth-order valence-corrected chi connectivity index (χ4v) is 3.43. The van der Waals surface area contributed by atoms with Crippen LogP contribution in [0.3, 0.4) is 0 Å². The van der Waals surface area contributed by atoms with Gasteiger partial charge in [-0.25, -0.2) is 8.42 Å². The van der Waals surface area contributed by atoms with E-state index in [9.17, 15) is 8.42 Å². The minimum Gasteiger partial charge on any atom is -0.356 e. The highest BCUT2D eigenvalue weighted by Crippen LogP contribution is 2.19. The van der Waals surface area contributed by atoms with Gasteiger partial charge in [-0.15, -0.1) is 24.0 Å². The van der Waals surface area contributed by atoms with Crippen LogP contribution in [0.4, 0.5) is 0 Å². The van der Waals surface area contributed by atoms with Crippen molar-refractivity contribution in [1.82, 2.24) is 10.6 Å². The Morgan fingerprint density at radius 3 is 2.32 bits per heavy atom. The van der Waals surface area contributed by atoms with Crippen LogP contribution in [0.2, 0.25) is 0 Å². The number of guanidine groups is 1. The molecule has 0 unspecified atom stereocenters. The largest absolute Gasteiger partial charge is 0.356 e. The van der Waals surface area contributed by atoms with Crippen molar-refractivity contribution in [2.75, 3.05) is 19.8 Å². The van der Waals surface area contributed by atoms with Gasteiger partial charge in [0.05, 0.1) is 4.90 Å². The second kappa shape index (κ2) is 10.4. The van der Waals surface area contributed by atoms with Crippen molar-refractivity contribution in [3.8, 4) is 0 Å². The third-order valence-electron chi connectivity index (χ3n) is 3.72. The quantitative estimate of drug-likeness (QED) is 0.283. The lowest BCUT2D eigenvalue weighted by molar-refractivity contribution is 0.365. The van der Waals surface area contributed by atoms with Crippen molar-refractivity contribution in [2.45, 2.75) is 52.0 Å². The van der Waals surface area contributed by atoms with Gasteiger partial charge in [-0.05, 0) is 42.4 Å². The topological polar surface area (TPSA) is 70.6 Å². The van der Waals surface area contributed by atoms with Gasteiger partial charge < -0.3 is 10.6 Å². The Bertz CT molecular complexity index is 680. The monoisotopic (exact) mass is 481 g/mol. The highest BCUT2D eigenvalue weighted by Gasteiger charge is 2.11. The highest BCUT2D eigenvalue weighted by atomic mass is 127. The lowest BCUT2D eigenvalue weighted by Crippen LogP contribution is -2.37. The van der Waals surface area contributed by atoms with Crippen LogP contribution in [0, 0.1) is 12.3 Å². The van der Waals surface area contributed by atoms with E-state index in [4.69, 9.17) is 0 Å². The van der Waals surface area contributed by atoms with Gasteiger partial charge in [-0.3, -0.25) is 4.99 Å². The maximum atomic E-state index is 11.6. The molecule has 0 spiro atoms. The van der Waals surface area contributed by atoms with Crippen molar-refractivity contribution in [3.05, 3.63) is 29.3 Å². The first-order valence-corrected chi connectivity index (χ1v) is 10.2. The number of aryl methyl sites for hydroxylation is 1. The molecule has 0 aliphatic rings. The number of hydrogen-bond donors (Lipinski definition) is 2. The fourth-order valence-electron chi connectivity index (χ4n) is 2.47. The molecule has 1 aromatic carbocycles. The first-order valence-electron chi connectivity index (χ1n) is 8.27. The molecule has 0 radical (unpaired) electrons. The molecule has 0 amide bonds. The van der Waals surface area contributed by atoms with Gasteiger partial charge in [0, 0.05) is 26.4 Å². The number of nitrogens with zero attached hydrogens (tertiary/aromatic N) is 1. The molecule has 144 valence electrons. The van der Waals surface area contributed by atoms with E-state index < -0.39 is 9.84 Å². The summed E-state index contributed by atoms with van der Waals surface area (Å²) in [4.78, 5) is 4.60. The second-order valence-electron chi connectivity index (χ2n) is 7.39. The van der Waals surface area contributed by atoms with Gasteiger partial charge in [-0.2, -0.15) is 0 Å². The van der Waals surface area contributed by atoms with E-state index in [0.717, 1.165) is 36.5 Å². The third-order valence-corrected chi connectivity index (χ3v) is 4.98. The SMILES string of the molecule is CN=C(NCCCC(C)(C)C)NCc1ccc(S(C)(=O)=O)c(C)c1.I. The van der Waals surface area contributed by atoms with Gasteiger partial charge in [0.25, 0.3) is 0 Å². The number of rotatable bonds is 6. The molecule has 25 heavy (non-hydrogen) atoms. The molecule has 0 fully saturated rings. The van der Waals surface area contributed by atoms with E-state index in [1.807, 2.05) is 19.1 Å². The first-order chi connectivity index (χ1) is 11.0. The van der Waals surface area contributed by atoms with Gasteiger partial charge in [-0.1, -0.05) is 32.9 Å². The fraction of sp³-hybridized carbons (Fsp3) is 0.611. The van der Waals surface area contributed by atoms with Crippen molar-refractivity contribution < 1.29 is 8.42 Å². The summed E-state index contributed by atoms with van der Waals surface area (Å²) in [6.45, 7) is 10.0. The maximum Gasteiger partial charge on any atom is 0.191 e. The molecular weight excluding hydrogens is 449 g/mol. The van der Waals surface area contributed by atoms with E-state index in [-0.39, 0.29) is 24.0 Å². The summed E-state index contributed by atoms with van der Waals surface area (Å²) in [6.07, 6.45) is 3.48. The standard InChI is InChI=1S/C18H31N3O2S.HI/c1-14-12-15(8-9-16(14)24(6,22)23)13-21-17(19-5)20-11-7-10-18(2,3)4;/h8-9,12H,7,10-11,13H2,1-6H3,(H2,19,20,21);1H. The van der Waals surface area contributed by atoms with Crippen molar-refractivity contribution in [3.63, 3.8) is 0 Å². The number of aliphatic imine (C=N–C) groups is 1. The van der Waals surface area contributed by atoms with Crippen LogP contribution in [0.25, 0.3) is 0 Å². The van der Waals surface area contributed by atoms with Gasteiger partial charge >= 0.3 is 0 Å². The normalized spacial score (nSPS) is 12.5. The number of nitrogens with one attached hydrogen (secondary N) is 2. The lowest BCUT2D eigenvalue weighted by atomic mass is 9.91. The number of benzene rings is 1. The maximum absolute atomic E-state index is 11.6. The van der Waals surface area contributed by atoms with Gasteiger partial charge in [0.15, 0.2) is 15.8 Å². The minimum atomic E-state index is -3.17. The van der Waals surface area contributed by atoms with Gasteiger partial charge in [0.2, 0.25) is 0 Å². The second-order valence-corrected chi connectivity index (χ2v) is 9.37. The van der Waals surface area contributed by atoms with E-state index in [1.165, 1.54) is 6.26 Å². The zero-order valence-corrected chi connectivity index (χ0v) is 19.3. The zero-order chi connectivity index (χ0) is 18.4. The Morgan fingerprint density at radius 1 is 1.20 bits per heavy atom. The smallest absolute Gasteiger partial charge is 0.191 e. The average Bonchev–Trinajstić information content (AvgIpc) is 2.44.